The number of fused-ring (bicyclic) bond motifs is 1. The van der Waals surface area contributed by atoms with E-state index in [2.05, 4.69) is 23.5 Å². The molecule has 0 radical (unpaired) electrons. The molecule has 0 spiro atoms. The van der Waals surface area contributed by atoms with Gasteiger partial charge in [-0.15, -0.1) is 0 Å². The normalized spacial score (nSPS) is 15.6. The first kappa shape index (κ1) is 22.2. The predicted molar refractivity (Wildman–Crippen MR) is 119 cm³/mol. The summed E-state index contributed by atoms with van der Waals surface area (Å²) in [5, 5.41) is 2.98. The van der Waals surface area contributed by atoms with Gasteiger partial charge in [0.05, 0.1) is 25.1 Å². The number of methoxy groups -OCH3 is 1. The number of carbonyl (C=O) groups is 1. The van der Waals surface area contributed by atoms with Crippen LogP contribution in [0.3, 0.4) is 0 Å². The third kappa shape index (κ3) is 4.95. The number of rotatable bonds is 7. The summed E-state index contributed by atoms with van der Waals surface area (Å²) in [7, 11) is -2.12. The Morgan fingerprint density at radius 3 is 2.27 bits per heavy atom. The minimum absolute atomic E-state index is 0.218. The molecule has 6 nitrogen and oxygen atoms in total. The van der Waals surface area contributed by atoms with Crippen LogP contribution in [0.1, 0.15) is 49.4 Å². The Morgan fingerprint density at radius 2 is 1.67 bits per heavy atom. The zero-order valence-corrected chi connectivity index (χ0v) is 18.8. The van der Waals surface area contributed by atoms with Crippen LogP contribution in [0.2, 0.25) is 0 Å². The highest BCUT2D eigenvalue weighted by Crippen LogP contribution is 2.26. The van der Waals surface area contributed by atoms with E-state index in [1.54, 1.807) is 38.3 Å². The minimum atomic E-state index is -3.66. The molecule has 7 heteroatoms. The van der Waals surface area contributed by atoms with E-state index in [-0.39, 0.29) is 11.9 Å². The largest absolute Gasteiger partial charge is 0.497 e. The standard InChI is InChI=1S/C23H30N2O4S/c1-16(19-10-9-18-7-5-6-8-20(18)15-19)24-23(26)17(2)25(30(4,27)28)21-11-13-22(29-3)14-12-21/h9-17H,5-8H2,1-4H3,(H,24,26)/t16-,17+/m0/s1. The molecule has 0 unspecified atom stereocenters. The molecular formula is C23H30N2O4S. The fourth-order valence-electron chi connectivity index (χ4n) is 3.98. The average molecular weight is 431 g/mol. The summed E-state index contributed by atoms with van der Waals surface area (Å²) in [5.41, 5.74) is 4.19. The second-order valence-electron chi connectivity index (χ2n) is 7.90. The Morgan fingerprint density at radius 1 is 1.03 bits per heavy atom. The van der Waals surface area contributed by atoms with Crippen LogP contribution in [0.5, 0.6) is 5.75 Å². The molecule has 1 aliphatic carbocycles. The van der Waals surface area contributed by atoms with Gasteiger partial charge in [0.2, 0.25) is 15.9 Å². The molecule has 0 aromatic heterocycles. The van der Waals surface area contributed by atoms with E-state index in [9.17, 15) is 13.2 Å². The summed E-state index contributed by atoms with van der Waals surface area (Å²) in [6.45, 7) is 3.52. The van der Waals surface area contributed by atoms with Gasteiger partial charge in [-0.1, -0.05) is 18.2 Å². The molecule has 162 valence electrons. The van der Waals surface area contributed by atoms with Crippen molar-refractivity contribution in [3.63, 3.8) is 0 Å². The van der Waals surface area contributed by atoms with Gasteiger partial charge in [-0.3, -0.25) is 9.10 Å². The number of hydrogen-bond donors (Lipinski definition) is 1. The van der Waals surface area contributed by atoms with Crippen LogP contribution in [0.25, 0.3) is 0 Å². The van der Waals surface area contributed by atoms with Gasteiger partial charge in [-0.05, 0) is 80.5 Å². The molecule has 0 saturated heterocycles. The SMILES string of the molecule is COc1ccc(N([C@H](C)C(=O)N[C@@H](C)c2ccc3c(c2)CCCC3)S(C)(=O)=O)cc1. The summed E-state index contributed by atoms with van der Waals surface area (Å²) in [4.78, 5) is 13.0. The second kappa shape index (κ2) is 9.08. The highest BCUT2D eigenvalue weighted by atomic mass is 32.2. The van der Waals surface area contributed by atoms with Crippen LogP contribution >= 0.6 is 0 Å². The first-order valence-corrected chi connectivity index (χ1v) is 12.1. The van der Waals surface area contributed by atoms with Crippen LogP contribution < -0.4 is 14.4 Å². The lowest BCUT2D eigenvalue weighted by atomic mass is 9.89. The maximum absolute atomic E-state index is 13.0. The van der Waals surface area contributed by atoms with Gasteiger partial charge in [-0.2, -0.15) is 0 Å². The van der Waals surface area contributed by atoms with E-state index < -0.39 is 16.1 Å². The second-order valence-corrected chi connectivity index (χ2v) is 9.76. The molecule has 30 heavy (non-hydrogen) atoms. The van der Waals surface area contributed by atoms with Crippen molar-refractivity contribution in [3.8, 4) is 5.75 Å². The molecule has 1 amide bonds. The van der Waals surface area contributed by atoms with Gasteiger partial charge in [0.25, 0.3) is 0 Å². The average Bonchev–Trinajstić information content (AvgIpc) is 2.72. The number of ether oxygens (including phenoxy) is 1. The Hall–Kier alpha value is -2.54. The maximum atomic E-state index is 13.0. The molecule has 1 aliphatic rings. The summed E-state index contributed by atoms with van der Waals surface area (Å²) in [6.07, 6.45) is 5.70. The number of benzene rings is 2. The van der Waals surface area contributed by atoms with Gasteiger partial charge in [0.15, 0.2) is 0 Å². The first-order valence-electron chi connectivity index (χ1n) is 10.3. The Labute approximate surface area is 179 Å². The van der Waals surface area contributed by atoms with Crippen LogP contribution in [-0.2, 0) is 27.7 Å². The number of aryl methyl sites for hydroxylation is 2. The predicted octanol–water partition coefficient (Wildman–Crippen LogP) is 3.61. The number of nitrogens with one attached hydrogen (secondary N) is 1. The van der Waals surface area contributed by atoms with E-state index in [1.165, 1.54) is 24.0 Å². The van der Waals surface area contributed by atoms with Crippen molar-refractivity contribution in [1.82, 2.24) is 5.32 Å². The lowest BCUT2D eigenvalue weighted by molar-refractivity contribution is -0.122. The number of carbonyl (C=O) groups excluding carboxylic acids is 1. The van der Waals surface area contributed by atoms with E-state index in [0.29, 0.717) is 11.4 Å². The third-order valence-corrected chi connectivity index (χ3v) is 6.89. The van der Waals surface area contributed by atoms with Crippen LogP contribution in [0.15, 0.2) is 42.5 Å². The Kier molecular flexibility index (Phi) is 6.71. The van der Waals surface area contributed by atoms with Crippen LogP contribution in [-0.4, -0.2) is 33.7 Å². The molecule has 0 fully saturated rings. The first-order chi connectivity index (χ1) is 14.2. The van der Waals surface area contributed by atoms with E-state index in [1.807, 2.05) is 6.92 Å². The lowest BCUT2D eigenvalue weighted by Gasteiger charge is -2.29. The fourth-order valence-corrected chi connectivity index (χ4v) is 5.15. The Balaban J connectivity index is 1.77. The molecule has 0 bridgehead atoms. The molecular weight excluding hydrogens is 400 g/mol. The number of sulfonamides is 1. The maximum Gasteiger partial charge on any atom is 0.244 e. The van der Waals surface area contributed by atoms with Crippen molar-refractivity contribution in [2.75, 3.05) is 17.7 Å². The number of nitrogens with zero attached hydrogens (tertiary/aromatic N) is 1. The number of hydrogen-bond acceptors (Lipinski definition) is 4. The number of amides is 1. The van der Waals surface area contributed by atoms with Gasteiger partial charge in [0.1, 0.15) is 11.8 Å². The van der Waals surface area contributed by atoms with Crippen molar-refractivity contribution in [2.45, 2.75) is 51.6 Å². The van der Waals surface area contributed by atoms with E-state index in [4.69, 9.17) is 4.74 Å². The van der Waals surface area contributed by atoms with Crippen molar-refractivity contribution in [2.24, 2.45) is 0 Å². The zero-order chi connectivity index (χ0) is 21.9. The molecule has 1 N–H and O–H groups in total. The molecule has 0 saturated carbocycles. The van der Waals surface area contributed by atoms with E-state index in [0.717, 1.165) is 29.0 Å². The highest BCUT2D eigenvalue weighted by molar-refractivity contribution is 7.92. The molecule has 0 aliphatic heterocycles. The molecule has 0 heterocycles. The zero-order valence-electron chi connectivity index (χ0n) is 18.0. The topological polar surface area (TPSA) is 75.7 Å². The van der Waals surface area contributed by atoms with Crippen molar-refractivity contribution in [3.05, 3.63) is 59.2 Å². The van der Waals surface area contributed by atoms with E-state index >= 15 is 0 Å². The number of anilines is 1. The quantitative estimate of drug-likeness (QED) is 0.728. The molecule has 2 aromatic carbocycles. The Bertz CT molecular complexity index is 1000. The lowest BCUT2D eigenvalue weighted by Crippen LogP contribution is -2.48. The molecule has 2 atom stereocenters. The van der Waals surface area contributed by atoms with Gasteiger partial charge < -0.3 is 10.1 Å². The third-order valence-electron chi connectivity index (χ3n) is 5.65. The molecule has 3 rings (SSSR count). The van der Waals surface area contributed by atoms with Crippen LogP contribution in [0, 0.1) is 0 Å². The highest BCUT2D eigenvalue weighted by Gasteiger charge is 2.30. The van der Waals surface area contributed by atoms with Crippen molar-refractivity contribution in [1.29, 1.82) is 0 Å². The smallest absolute Gasteiger partial charge is 0.244 e. The monoisotopic (exact) mass is 430 g/mol. The van der Waals surface area contributed by atoms with Crippen LogP contribution in [0.4, 0.5) is 5.69 Å². The fraction of sp³-hybridized carbons (Fsp3) is 0.435. The molecule has 2 aromatic rings. The van der Waals surface area contributed by atoms with Crippen molar-refractivity contribution < 1.29 is 17.9 Å². The van der Waals surface area contributed by atoms with Gasteiger partial charge in [0, 0.05) is 0 Å². The summed E-state index contributed by atoms with van der Waals surface area (Å²) in [5.74, 6) is 0.270. The minimum Gasteiger partial charge on any atom is -0.497 e. The summed E-state index contributed by atoms with van der Waals surface area (Å²) in [6, 6.07) is 11.9. The van der Waals surface area contributed by atoms with Gasteiger partial charge in [-0.25, -0.2) is 8.42 Å². The summed E-state index contributed by atoms with van der Waals surface area (Å²) < 4.78 is 31.2. The van der Waals surface area contributed by atoms with Crippen molar-refractivity contribution >= 4 is 21.6 Å². The van der Waals surface area contributed by atoms with Gasteiger partial charge >= 0.3 is 0 Å². The summed E-state index contributed by atoms with van der Waals surface area (Å²) >= 11 is 0.